The highest BCUT2D eigenvalue weighted by atomic mass is 127. The van der Waals surface area contributed by atoms with Gasteiger partial charge in [-0.1, -0.05) is 19.8 Å². The van der Waals surface area contributed by atoms with Crippen LogP contribution >= 0.6 is 24.0 Å². The second kappa shape index (κ2) is 11.8. The van der Waals surface area contributed by atoms with Crippen LogP contribution < -0.4 is 10.6 Å². The van der Waals surface area contributed by atoms with Gasteiger partial charge in [0.05, 0.1) is 6.10 Å². The first kappa shape index (κ1) is 19.0. The molecule has 0 aromatic rings. The van der Waals surface area contributed by atoms with E-state index in [1.54, 1.807) is 0 Å². The number of hydrogen-bond acceptors (Lipinski definition) is 2. The highest BCUT2D eigenvalue weighted by Crippen LogP contribution is 2.18. The van der Waals surface area contributed by atoms with Gasteiger partial charge in [-0.2, -0.15) is 0 Å². The molecule has 5 heteroatoms. The third-order valence-corrected chi connectivity index (χ3v) is 3.41. The number of aliphatic hydroxyl groups excluding tert-OH is 1. The van der Waals surface area contributed by atoms with Gasteiger partial charge < -0.3 is 15.7 Å². The Labute approximate surface area is 134 Å². The van der Waals surface area contributed by atoms with Crippen molar-refractivity contribution in [3.05, 3.63) is 0 Å². The molecular weight excluding hydrogens is 353 g/mol. The molecular formula is C14H30IN3O. The molecule has 0 spiro atoms. The zero-order valence-electron chi connectivity index (χ0n) is 12.3. The second-order valence-corrected chi connectivity index (χ2v) is 5.12. The monoisotopic (exact) mass is 383 g/mol. The molecule has 0 heterocycles. The Hall–Kier alpha value is -0.0400. The van der Waals surface area contributed by atoms with Crippen LogP contribution in [0.3, 0.4) is 0 Å². The lowest BCUT2D eigenvalue weighted by atomic mass is 9.93. The van der Waals surface area contributed by atoms with E-state index in [0.717, 1.165) is 51.2 Å². The number of unbranched alkanes of at least 4 members (excludes halogenated alkanes) is 2. The predicted molar refractivity (Wildman–Crippen MR) is 92.3 cm³/mol. The Bertz CT molecular complexity index is 241. The molecule has 0 radical (unpaired) electrons. The van der Waals surface area contributed by atoms with Gasteiger partial charge in [0.1, 0.15) is 0 Å². The van der Waals surface area contributed by atoms with Crippen molar-refractivity contribution in [1.82, 2.24) is 10.6 Å². The minimum atomic E-state index is -0.0906. The number of aliphatic imine (C=N–C) groups is 1. The highest BCUT2D eigenvalue weighted by molar-refractivity contribution is 14.0. The van der Waals surface area contributed by atoms with Gasteiger partial charge in [0.25, 0.3) is 0 Å². The van der Waals surface area contributed by atoms with Gasteiger partial charge in [-0.25, -0.2) is 0 Å². The van der Waals surface area contributed by atoms with Crippen molar-refractivity contribution in [2.45, 2.75) is 70.9 Å². The normalized spacial score (nSPS) is 23.6. The molecule has 1 aliphatic rings. The molecule has 1 rings (SSSR count). The summed E-state index contributed by atoms with van der Waals surface area (Å²) in [7, 11) is 0. The van der Waals surface area contributed by atoms with Crippen molar-refractivity contribution >= 4 is 29.9 Å². The Balaban J connectivity index is 0.00000324. The van der Waals surface area contributed by atoms with E-state index in [1.165, 1.54) is 12.8 Å². The van der Waals surface area contributed by atoms with Crippen LogP contribution in [0, 0.1) is 0 Å². The standard InChI is InChI=1S/C14H29N3O.HI/c1-3-5-6-11-16-14(15-4-2)17-12-7-9-13(18)10-8-12;/h12-13,18H,3-11H2,1-2H3,(H2,15,16,17);1H. The average Bonchev–Trinajstić information content (AvgIpc) is 2.37. The second-order valence-electron chi connectivity index (χ2n) is 5.12. The smallest absolute Gasteiger partial charge is 0.191 e. The Morgan fingerprint density at radius 2 is 1.84 bits per heavy atom. The van der Waals surface area contributed by atoms with Crippen molar-refractivity contribution in [3.63, 3.8) is 0 Å². The summed E-state index contributed by atoms with van der Waals surface area (Å²) in [6.07, 6.45) is 7.46. The van der Waals surface area contributed by atoms with E-state index in [-0.39, 0.29) is 30.1 Å². The van der Waals surface area contributed by atoms with Gasteiger partial charge in [-0.3, -0.25) is 4.99 Å². The number of aliphatic hydroxyl groups is 1. The lowest BCUT2D eigenvalue weighted by Gasteiger charge is -2.27. The molecule has 1 saturated carbocycles. The van der Waals surface area contributed by atoms with E-state index in [2.05, 4.69) is 29.5 Å². The molecule has 0 aromatic carbocycles. The molecule has 0 saturated heterocycles. The molecule has 1 fully saturated rings. The van der Waals surface area contributed by atoms with Gasteiger partial charge >= 0.3 is 0 Å². The summed E-state index contributed by atoms with van der Waals surface area (Å²) >= 11 is 0. The van der Waals surface area contributed by atoms with Gasteiger partial charge in [0.2, 0.25) is 0 Å². The summed E-state index contributed by atoms with van der Waals surface area (Å²) in [6, 6.07) is 0.470. The third-order valence-electron chi connectivity index (χ3n) is 3.41. The number of nitrogens with zero attached hydrogens (tertiary/aromatic N) is 1. The van der Waals surface area contributed by atoms with E-state index in [4.69, 9.17) is 0 Å². The van der Waals surface area contributed by atoms with Gasteiger partial charge in [0.15, 0.2) is 5.96 Å². The van der Waals surface area contributed by atoms with E-state index in [1.807, 2.05) is 0 Å². The zero-order valence-corrected chi connectivity index (χ0v) is 14.7. The lowest BCUT2D eigenvalue weighted by molar-refractivity contribution is 0.120. The van der Waals surface area contributed by atoms with Gasteiger partial charge in [-0.15, -0.1) is 24.0 Å². The van der Waals surface area contributed by atoms with Crippen molar-refractivity contribution in [3.8, 4) is 0 Å². The summed E-state index contributed by atoms with van der Waals surface area (Å²) in [6.45, 7) is 6.10. The maximum atomic E-state index is 9.49. The fourth-order valence-electron chi connectivity index (χ4n) is 2.29. The largest absolute Gasteiger partial charge is 0.393 e. The number of guanidine groups is 1. The van der Waals surface area contributed by atoms with Crippen molar-refractivity contribution in [2.24, 2.45) is 4.99 Å². The first-order chi connectivity index (χ1) is 8.76. The van der Waals surface area contributed by atoms with Crippen LogP contribution in [-0.4, -0.2) is 36.3 Å². The Kier molecular flexibility index (Phi) is 11.7. The van der Waals surface area contributed by atoms with Crippen LogP contribution in [0.5, 0.6) is 0 Å². The summed E-state index contributed by atoms with van der Waals surface area (Å²) in [4.78, 5) is 4.60. The van der Waals surface area contributed by atoms with Crippen LogP contribution in [0.2, 0.25) is 0 Å². The Morgan fingerprint density at radius 3 is 2.42 bits per heavy atom. The number of rotatable bonds is 6. The van der Waals surface area contributed by atoms with Crippen molar-refractivity contribution < 1.29 is 5.11 Å². The molecule has 114 valence electrons. The maximum absolute atomic E-state index is 9.49. The minimum absolute atomic E-state index is 0. The summed E-state index contributed by atoms with van der Waals surface area (Å²) < 4.78 is 0. The molecule has 1 aliphatic carbocycles. The van der Waals surface area contributed by atoms with Crippen LogP contribution in [0.15, 0.2) is 4.99 Å². The molecule has 3 N–H and O–H groups in total. The fourth-order valence-corrected chi connectivity index (χ4v) is 2.29. The first-order valence-electron chi connectivity index (χ1n) is 7.49. The molecule has 0 bridgehead atoms. The number of halogens is 1. The molecule has 0 unspecified atom stereocenters. The van der Waals surface area contributed by atoms with Crippen LogP contribution in [0.4, 0.5) is 0 Å². The summed E-state index contributed by atoms with van der Waals surface area (Å²) in [5, 5.41) is 16.3. The quantitative estimate of drug-likeness (QED) is 0.286. The SMILES string of the molecule is CCCCCN=C(NCC)NC1CCC(O)CC1.I. The van der Waals surface area contributed by atoms with Crippen LogP contribution in [0.25, 0.3) is 0 Å². The molecule has 0 atom stereocenters. The van der Waals surface area contributed by atoms with E-state index < -0.39 is 0 Å². The van der Waals surface area contributed by atoms with Crippen molar-refractivity contribution in [2.75, 3.05) is 13.1 Å². The van der Waals surface area contributed by atoms with Gasteiger partial charge in [0, 0.05) is 19.1 Å². The Morgan fingerprint density at radius 1 is 1.16 bits per heavy atom. The summed E-state index contributed by atoms with van der Waals surface area (Å²) in [5.41, 5.74) is 0. The fraction of sp³-hybridized carbons (Fsp3) is 0.929. The van der Waals surface area contributed by atoms with Crippen LogP contribution in [-0.2, 0) is 0 Å². The molecule has 19 heavy (non-hydrogen) atoms. The minimum Gasteiger partial charge on any atom is -0.393 e. The van der Waals surface area contributed by atoms with E-state index in [9.17, 15) is 5.11 Å². The first-order valence-corrected chi connectivity index (χ1v) is 7.49. The lowest BCUT2D eigenvalue weighted by Crippen LogP contribution is -2.45. The van der Waals surface area contributed by atoms with Crippen LogP contribution in [0.1, 0.15) is 58.8 Å². The van der Waals surface area contributed by atoms with E-state index >= 15 is 0 Å². The zero-order chi connectivity index (χ0) is 13.2. The maximum Gasteiger partial charge on any atom is 0.191 e. The van der Waals surface area contributed by atoms with Gasteiger partial charge in [-0.05, 0) is 39.0 Å². The molecule has 0 amide bonds. The van der Waals surface area contributed by atoms with Crippen molar-refractivity contribution in [1.29, 1.82) is 0 Å². The van der Waals surface area contributed by atoms with E-state index in [0.29, 0.717) is 6.04 Å². The average molecular weight is 383 g/mol. The number of nitrogens with one attached hydrogen (secondary N) is 2. The molecule has 4 nitrogen and oxygen atoms in total. The number of hydrogen-bond donors (Lipinski definition) is 3. The third kappa shape index (κ3) is 8.68. The topological polar surface area (TPSA) is 56.7 Å². The molecule has 0 aromatic heterocycles. The highest BCUT2D eigenvalue weighted by Gasteiger charge is 2.19. The summed E-state index contributed by atoms with van der Waals surface area (Å²) in [5.74, 6) is 0.940. The molecule has 0 aliphatic heterocycles. The predicted octanol–water partition coefficient (Wildman–Crippen LogP) is 2.65.